The highest BCUT2D eigenvalue weighted by molar-refractivity contribution is 4.74. The van der Waals surface area contributed by atoms with E-state index in [2.05, 4.69) is 22.6 Å². The molecule has 0 bridgehead atoms. The summed E-state index contributed by atoms with van der Waals surface area (Å²) in [5.41, 5.74) is 0. The predicted molar refractivity (Wildman–Crippen MR) is 70.3 cm³/mol. The number of nitrogens with one attached hydrogen (secondary N) is 2. The van der Waals surface area contributed by atoms with Crippen LogP contribution in [-0.4, -0.2) is 63.9 Å². The standard InChI is InChI=1S/C13H27N3O/c1-16-8-4-12(10-16)2-5-14-6-3-13-11-17-9-7-15-13/h12-15H,2-11H2,1H3. The average Bonchev–Trinajstić information content (AvgIpc) is 2.76. The van der Waals surface area contributed by atoms with Gasteiger partial charge in [0, 0.05) is 19.1 Å². The first-order valence-corrected chi connectivity index (χ1v) is 7.05. The maximum Gasteiger partial charge on any atom is 0.0620 e. The largest absolute Gasteiger partial charge is 0.379 e. The van der Waals surface area contributed by atoms with Gasteiger partial charge in [-0.15, -0.1) is 0 Å². The molecular formula is C13H27N3O. The van der Waals surface area contributed by atoms with Gasteiger partial charge >= 0.3 is 0 Å². The number of ether oxygens (including phenoxy) is 1. The number of hydrogen-bond acceptors (Lipinski definition) is 4. The molecule has 2 unspecified atom stereocenters. The van der Waals surface area contributed by atoms with Crippen LogP contribution in [0, 0.1) is 5.92 Å². The Bertz CT molecular complexity index is 200. The van der Waals surface area contributed by atoms with Crippen LogP contribution in [0.3, 0.4) is 0 Å². The third-order valence-corrected chi connectivity index (χ3v) is 3.89. The quantitative estimate of drug-likeness (QED) is 0.656. The predicted octanol–water partition coefficient (Wildman–Crippen LogP) is 0.296. The molecule has 2 atom stereocenters. The first-order valence-electron chi connectivity index (χ1n) is 7.05. The van der Waals surface area contributed by atoms with Crippen molar-refractivity contribution >= 4 is 0 Å². The highest BCUT2D eigenvalue weighted by atomic mass is 16.5. The summed E-state index contributed by atoms with van der Waals surface area (Å²) in [5, 5.41) is 7.05. The molecule has 17 heavy (non-hydrogen) atoms. The van der Waals surface area contributed by atoms with Crippen molar-refractivity contribution in [2.45, 2.75) is 25.3 Å². The molecule has 2 aliphatic heterocycles. The van der Waals surface area contributed by atoms with Crippen LogP contribution in [0.2, 0.25) is 0 Å². The van der Waals surface area contributed by atoms with E-state index < -0.39 is 0 Å². The van der Waals surface area contributed by atoms with Crippen LogP contribution in [0.4, 0.5) is 0 Å². The van der Waals surface area contributed by atoms with Crippen LogP contribution in [0.15, 0.2) is 0 Å². The number of likely N-dealkylation sites (tertiary alicyclic amines) is 1. The molecule has 4 nitrogen and oxygen atoms in total. The molecule has 4 heteroatoms. The van der Waals surface area contributed by atoms with Crippen LogP contribution < -0.4 is 10.6 Å². The second-order valence-electron chi connectivity index (χ2n) is 5.47. The van der Waals surface area contributed by atoms with E-state index in [1.807, 2.05) is 0 Å². The molecule has 100 valence electrons. The fourth-order valence-electron chi connectivity index (χ4n) is 2.77. The zero-order valence-corrected chi connectivity index (χ0v) is 11.1. The summed E-state index contributed by atoms with van der Waals surface area (Å²) in [4.78, 5) is 2.44. The highest BCUT2D eigenvalue weighted by Gasteiger charge is 2.18. The Hall–Kier alpha value is -0.160. The number of morpholine rings is 1. The van der Waals surface area contributed by atoms with Gasteiger partial charge in [0.15, 0.2) is 0 Å². The van der Waals surface area contributed by atoms with Crippen molar-refractivity contribution in [3.8, 4) is 0 Å². The van der Waals surface area contributed by atoms with Gasteiger partial charge in [-0.1, -0.05) is 0 Å². The van der Waals surface area contributed by atoms with Gasteiger partial charge in [0.2, 0.25) is 0 Å². The van der Waals surface area contributed by atoms with Crippen molar-refractivity contribution in [3.05, 3.63) is 0 Å². The smallest absolute Gasteiger partial charge is 0.0620 e. The minimum atomic E-state index is 0.564. The van der Waals surface area contributed by atoms with E-state index in [-0.39, 0.29) is 0 Å². The first kappa shape index (κ1) is 13.3. The SMILES string of the molecule is CN1CCC(CCNCCC2COCCN2)C1. The van der Waals surface area contributed by atoms with Crippen LogP contribution in [-0.2, 0) is 4.74 Å². The summed E-state index contributed by atoms with van der Waals surface area (Å²) in [5.74, 6) is 0.920. The van der Waals surface area contributed by atoms with Crippen LogP contribution in [0.1, 0.15) is 19.3 Å². The molecular weight excluding hydrogens is 214 g/mol. The second-order valence-corrected chi connectivity index (χ2v) is 5.47. The lowest BCUT2D eigenvalue weighted by Crippen LogP contribution is -2.42. The van der Waals surface area contributed by atoms with Crippen molar-refractivity contribution in [1.82, 2.24) is 15.5 Å². The van der Waals surface area contributed by atoms with Crippen molar-refractivity contribution in [2.24, 2.45) is 5.92 Å². The molecule has 0 aromatic carbocycles. The summed E-state index contributed by atoms with van der Waals surface area (Å²) >= 11 is 0. The van der Waals surface area contributed by atoms with Gasteiger partial charge in [-0.05, 0) is 51.9 Å². The second kappa shape index (κ2) is 7.31. The minimum absolute atomic E-state index is 0.564. The van der Waals surface area contributed by atoms with E-state index in [9.17, 15) is 0 Å². The summed E-state index contributed by atoms with van der Waals surface area (Å²) in [6.45, 7) is 7.64. The Balaban J connectivity index is 1.43. The fraction of sp³-hybridized carbons (Fsp3) is 1.00. The van der Waals surface area contributed by atoms with Crippen molar-refractivity contribution in [3.63, 3.8) is 0 Å². The molecule has 0 aromatic rings. The monoisotopic (exact) mass is 241 g/mol. The van der Waals surface area contributed by atoms with Crippen LogP contribution in [0.5, 0.6) is 0 Å². The summed E-state index contributed by atoms with van der Waals surface area (Å²) < 4.78 is 5.44. The van der Waals surface area contributed by atoms with Crippen molar-refractivity contribution in [2.75, 3.05) is 53.0 Å². The van der Waals surface area contributed by atoms with E-state index in [1.54, 1.807) is 0 Å². The van der Waals surface area contributed by atoms with Gasteiger partial charge in [-0.25, -0.2) is 0 Å². The van der Waals surface area contributed by atoms with Gasteiger partial charge in [-0.2, -0.15) is 0 Å². The van der Waals surface area contributed by atoms with Gasteiger partial charge in [0.05, 0.1) is 13.2 Å². The molecule has 2 rings (SSSR count). The van der Waals surface area contributed by atoms with Gasteiger partial charge in [0.1, 0.15) is 0 Å². The molecule has 0 aliphatic carbocycles. The average molecular weight is 241 g/mol. The fourth-order valence-corrected chi connectivity index (χ4v) is 2.77. The molecule has 0 saturated carbocycles. The van der Waals surface area contributed by atoms with E-state index >= 15 is 0 Å². The summed E-state index contributed by atoms with van der Waals surface area (Å²) in [6.07, 6.45) is 3.90. The molecule has 2 saturated heterocycles. The Morgan fingerprint density at radius 2 is 2.24 bits per heavy atom. The first-order chi connectivity index (χ1) is 8.34. The van der Waals surface area contributed by atoms with E-state index in [0.29, 0.717) is 6.04 Å². The molecule has 2 N–H and O–H groups in total. The van der Waals surface area contributed by atoms with Crippen LogP contribution >= 0.6 is 0 Å². The number of hydrogen-bond donors (Lipinski definition) is 2. The Morgan fingerprint density at radius 3 is 2.94 bits per heavy atom. The lowest BCUT2D eigenvalue weighted by Gasteiger charge is -2.23. The minimum Gasteiger partial charge on any atom is -0.379 e. The Kier molecular flexibility index (Phi) is 5.71. The molecule has 0 radical (unpaired) electrons. The molecule has 0 spiro atoms. The van der Waals surface area contributed by atoms with Gasteiger partial charge < -0.3 is 20.3 Å². The zero-order valence-electron chi connectivity index (χ0n) is 11.1. The normalized spacial score (nSPS) is 30.9. The molecule has 2 heterocycles. The Morgan fingerprint density at radius 1 is 1.35 bits per heavy atom. The van der Waals surface area contributed by atoms with E-state index in [0.717, 1.165) is 32.2 Å². The third kappa shape index (κ3) is 4.92. The molecule has 0 aromatic heterocycles. The van der Waals surface area contributed by atoms with Crippen molar-refractivity contribution < 1.29 is 4.74 Å². The van der Waals surface area contributed by atoms with E-state index in [4.69, 9.17) is 4.74 Å². The maximum absolute atomic E-state index is 5.44. The molecule has 0 amide bonds. The Labute approximate surface area is 105 Å². The van der Waals surface area contributed by atoms with Crippen LogP contribution in [0.25, 0.3) is 0 Å². The lowest BCUT2D eigenvalue weighted by atomic mass is 10.1. The van der Waals surface area contributed by atoms with E-state index in [1.165, 1.54) is 38.9 Å². The lowest BCUT2D eigenvalue weighted by molar-refractivity contribution is 0.0742. The third-order valence-electron chi connectivity index (χ3n) is 3.89. The number of rotatable bonds is 6. The topological polar surface area (TPSA) is 36.5 Å². The molecule has 2 aliphatic rings. The highest BCUT2D eigenvalue weighted by Crippen LogP contribution is 2.16. The summed E-state index contributed by atoms with van der Waals surface area (Å²) in [7, 11) is 2.22. The van der Waals surface area contributed by atoms with Gasteiger partial charge in [0.25, 0.3) is 0 Å². The molecule has 2 fully saturated rings. The maximum atomic E-state index is 5.44. The summed E-state index contributed by atoms with van der Waals surface area (Å²) in [6, 6.07) is 0.564. The van der Waals surface area contributed by atoms with Gasteiger partial charge in [-0.3, -0.25) is 0 Å². The number of nitrogens with zero attached hydrogens (tertiary/aromatic N) is 1. The zero-order chi connectivity index (χ0) is 11.9. The van der Waals surface area contributed by atoms with Crippen molar-refractivity contribution in [1.29, 1.82) is 0 Å².